The van der Waals surface area contributed by atoms with Crippen LogP contribution >= 0.6 is 11.3 Å². The zero-order valence-electron chi connectivity index (χ0n) is 15.9. The summed E-state index contributed by atoms with van der Waals surface area (Å²) >= 11 is 1.36. The molecule has 144 valence electrons. The lowest BCUT2D eigenvalue weighted by atomic mass is 10.0. The largest absolute Gasteiger partial charge is 0.462 e. The Morgan fingerprint density at radius 1 is 1.30 bits per heavy atom. The molecule has 1 N–H and O–H groups in total. The zero-order valence-corrected chi connectivity index (χ0v) is 16.7. The first-order valence-corrected chi connectivity index (χ1v) is 10.3. The Balaban J connectivity index is 1.79. The van der Waals surface area contributed by atoms with Crippen molar-refractivity contribution < 1.29 is 14.3 Å². The molecule has 3 rings (SSSR count). The monoisotopic (exact) mass is 386 g/mol. The Labute approximate surface area is 164 Å². The number of carbonyl (C=O) groups excluding carboxylic acids is 2. The molecule has 1 atom stereocenters. The van der Waals surface area contributed by atoms with E-state index in [2.05, 4.69) is 17.1 Å². The van der Waals surface area contributed by atoms with E-state index in [9.17, 15) is 9.59 Å². The summed E-state index contributed by atoms with van der Waals surface area (Å²) in [6, 6.07) is 9.69. The van der Waals surface area contributed by atoms with Crippen LogP contribution in [0.1, 0.15) is 37.0 Å². The van der Waals surface area contributed by atoms with E-state index in [0.29, 0.717) is 29.6 Å². The van der Waals surface area contributed by atoms with Gasteiger partial charge in [-0.25, -0.2) is 4.79 Å². The average Bonchev–Trinajstić information content (AvgIpc) is 3.06. The van der Waals surface area contributed by atoms with Gasteiger partial charge in [0.05, 0.1) is 13.2 Å². The van der Waals surface area contributed by atoms with Crippen molar-refractivity contribution >= 4 is 28.2 Å². The van der Waals surface area contributed by atoms with E-state index in [-0.39, 0.29) is 5.91 Å². The first-order valence-electron chi connectivity index (χ1n) is 9.44. The molecular weight excluding hydrogens is 360 g/mol. The van der Waals surface area contributed by atoms with Gasteiger partial charge in [0.2, 0.25) is 5.91 Å². The fourth-order valence-electron chi connectivity index (χ4n) is 3.49. The molecule has 1 fully saturated rings. The Kier molecular flexibility index (Phi) is 6.63. The minimum Gasteiger partial charge on any atom is -0.462 e. The molecule has 1 aromatic heterocycles. The highest BCUT2D eigenvalue weighted by Gasteiger charge is 2.24. The molecule has 27 heavy (non-hydrogen) atoms. The number of likely N-dealkylation sites (tertiary alicyclic amines) is 1. The summed E-state index contributed by atoms with van der Waals surface area (Å²) in [6.07, 6.45) is 2.34. The van der Waals surface area contributed by atoms with Gasteiger partial charge in [0, 0.05) is 17.5 Å². The van der Waals surface area contributed by atoms with Gasteiger partial charge >= 0.3 is 5.97 Å². The fraction of sp³-hybridized carbons (Fsp3) is 0.429. The molecule has 1 saturated heterocycles. The van der Waals surface area contributed by atoms with E-state index < -0.39 is 5.97 Å². The number of piperidine rings is 1. The Morgan fingerprint density at radius 3 is 2.78 bits per heavy atom. The third-order valence-corrected chi connectivity index (χ3v) is 5.61. The van der Waals surface area contributed by atoms with Crippen LogP contribution in [0.25, 0.3) is 11.1 Å². The normalized spacial score (nSPS) is 17.5. The number of benzene rings is 1. The molecule has 1 amide bonds. The summed E-state index contributed by atoms with van der Waals surface area (Å²) in [6.45, 7) is 6.53. The maximum atomic E-state index is 12.6. The highest BCUT2D eigenvalue weighted by molar-refractivity contribution is 7.15. The maximum absolute atomic E-state index is 12.6. The standard InChI is InChI=1S/C21H26N2O3S/c1-3-26-21(25)19-17(16-9-5-4-6-10-16)14-27-20(19)22-18(24)13-23-11-7-8-15(2)12-23/h4-6,9-10,14-15H,3,7-8,11-13H2,1-2H3,(H,22,24). The van der Waals surface area contributed by atoms with Crippen LogP contribution in [0.4, 0.5) is 5.00 Å². The number of nitrogens with zero attached hydrogens (tertiary/aromatic N) is 1. The minimum absolute atomic E-state index is 0.0869. The number of nitrogens with one attached hydrogen (secondary N) is 1. The van der Waals surface area contributed by atoms with E-state index >= 15 is 0 Å². The average molecular weight is 387 g/mol. The molecule has 0 saturated carbocycles. The first-order chi connectivity index (χ1) is 13.1. The molecule has 0 bridgehead atoms. The van der Waals surface area contributed by atoms with E-state index in [4.69, 9.17) is 4.74 Å². The Morgan fingerprint density at radius 2 is 2.07 bits per heavy atom. The lowest BCUT2D eigenvalue weighted by Gasteiger charge is -2.30. The Hall–Kier alpha value is -2.18. The van der Waals surface area contributed by atoms with Crippen LogP contribution in [0.3, 0.4) is 0 Å². The lowest BCUT2D eigenvalue weighted by Crippen LogP contribution is -2.39. The van der Waals surface area contributed by atoms with Crippen LogP contribution < -0.4 is 5.32 Å². The third kappa shape index (κ3) is 4.96. The number of amides is 1. The lowest BCUT2D eigenvalue weighted by molar-refractivity contribution is -0.117. The van der Waals surface area contributed by atoms with Crippen molar-refractivity contribution in [2.75, 3.05) is 31.6 Å². The highest BCUT2D eigenvalue weighted by atomic mass is 32.1. The summed E-state index contributed by atoms with van der Waals surface area (Å²) in [5, 5.41) is 5.40. The van der Waals surface area contributed by atoms with Gasteiger partial charge in [-0.2, -0.15) is 0 Å². The molecule has 6 heteroatoms. The van der Waals surface area contributed by atoms with Gasteiger partial charge in [0.1, 0.15) is 10.6 Å². The number of carbonyl (C=O) groups is 2. The quantitative estimate of drug-likeness (QED) is 0.754. The number of ether oxygens (including phenoxy) is 1. The van der Waals surface area contributed by atoms with Crippen LogP contribution in [0.15, 0.2) is 35.7 Å². The summed E-state index contributed by atoms with van der Waals surface area (Å²) < 4.78 is 5.24. The van der Waals surface area contributed by atoms with E-state index in [0.717, 1.165) is 30.6 Å². The van der Waals surface area contributed by atoms with Crippen LogP contribution in [-0.2, 0) is 9.53 Å². The van der Waals surface area contributed by atoms with Crippen LogP contribution in [0.5, 0.6) is 0 Å². The molecule has 0 radical (unpaired) electrons. The number of thiophene rings is 1. The van der Waals surface area contributed by atoms with Gasteiger partial charge in [-0.05, 0) is 37.8 Å². The molecule has 0 aliphatic carbocycles. The molecule has 2 heterocycles. The highest BCUT2D eigenvalue weighted by Crippen LogP contribution is 2.36. The summed E-state index contributed by atoms with van der Waals surface area (Å²) in [7, 11) is 0. The van der Waals surface area contributed by atoms with Crippen molar-refractivity contribution in [1.82, 2.24) is 4.90 Å². The number of esters is 1. The molecule has 1 aliphatic rings. The number of anilines is 1. The summed E-state index contributed by atoms with van der Waals surface area (Å²) in [5.41, 5.74) is 2.16. The number of hydrogen-bond donors (Lipinski definition) is 1. The van der Waals surface area contributed by atoms with Crippen LogP contribution in [0, 0.1) is 5.92 Å². The van der Waals surface area contributed by atoms with E-state index in [1.54, 1.807) is 6.92 Å². The van der Waals surface area contributed by atoms with Crippen molar-refractivity contribution in [3.8, 4) is 11.1 Å². The first kappa shape index (κ1) is 19.6. The van der Waals surface area contributed by atoms with Gasteiger partial charge < -0.3 is 10.1 Å². The molecule has 0 spiro atoms. The second-order valence-corrected chi connectivity index (χ2v) is 7.85. The van der Waals surface area contributed by atoms with Gasteiger partial charge in [-0.1, -0.05) is 37.3 Å². The summed E-state index contributed by atoms with van der Waals surface area (Å²) in [5.74, 6) is 0.128. The van der Waals surface area contributed by atoms with E-state index in [1.165, 1.54) is 17.8 Å². The molecule has 1 aromatic carbocycles. The second-order valence-electron chi connectivity index (χ2n) is 6.97. The van der Waals surface area contributed by atoms with Crippen LogP contribution in [0.2, 0.25) is 0 Å². The van der Waals surface area contributed by atoms with Crippen LogP contribution in [-0.4, -0.2) is 43.0 Å². The van der Waals surface area contributed by atoms with Gasteiger partial charge in [0.25, 0.3) is 0 Å². The summed E-state index contributed by atoms with van der Waals surface area (Å²) in [4.78, 5) is 27.3. The van der Waals surface area contributed by atoms with Crippen molar-refractivity contribution in [1.29, 1.82) is 0 Å². The minimum atomic E-state index is -0.403. The van der Waals surface area contributed by atoms with Crippen molar-refractivity contribution in [3.05, 3.63) is 41.3 Å². The third-order valence-electron chi connectivity index (χ3n) is 4.72. The molecule has 2 aromatic rings. The number of rotatable bonds is 6. The molecule has 5 nitrogen and oxygen atoms in total. The van der Waals surface area contributed by atoms with Crippen molar-refractivity contribution in [3.63, 3.8) is 0 Å². The Bertz CT molecular complexity index is 788. The van der Waals surface area contributed by atoms with Crippen molar-refractivity contribution in [2.45, 2.75) is 26.7 Å². The predicted octanol–water partition coefficient (Wildman–Crippen LogP) is 4.26. The number of hydrogen-bond acceptors (Lipinski definition) is 5. The van der Waals surface area contributed by atoms with Gasteiger partial charge in [-0.15, -0.1) is 11.3 Å². The SMILES string of the molecule is CCOC(=O)c1c(-c2ccccc2)csc1NC(=O)CN1CCCC(C)C1. The predicted molar refractivity (Wildman–Crippen MR) is 109 cm³/mol. The molecule has 1 aliphatic heterocycles. The molecular formula is C21H26N2O3S. The smallest absolute Gasteiger partial charge is 0.341 e. The molecule has 1 unspecified atom stereocenters. The zero-order chi connectivity index (χ0) is 19.2. The van der Waals surface area contributed by atoms with Gasteiger partial charge in [0.15, 0.2) is 0 Å². The topological polar surface area (TPSA) is 58.6 Å². The van der Waals surface area contributed by atoms with Gasteiger partial charge in [-0.3, -0.25) is 9.69 Å². The fourth-order valence-corrected chi connectivity index (χ4v) is 4.46. The van der Waals surface area contributed by atoms with E-state index in [1.807, 2.05) is 35.7 Å². The van der Waals surface area contributed by atoms with Crippen molar-refractivity contribution in [2.24, 2.45) is 5.92 Å². The maximum Gasteiger partial charge on any atom is 0.341 e. The second kappa shape index (κ2) is 9.15.